The second-order valence-corrected chi connectivity index (χ2v) is 4.48. The third-order valence-electron chi connectivity index (χ3n) is 3.54. The van der Waals surface area contributed by atoms with E-state index in [1.807, 2.05) is 0 Å². The lowest BCUT2D eigenvalue weighted by Gasteiger charge is -2.35. The minimum Gasteiger partial charge on any atom is -0.375 e. The Balaban J connectivity index is 2.29. The van der Waals surface area contributed by atoms with Crippen molar-refractivity contribution in [3.05, 3.63) is 0 Å². The van der Waals surface area contributed by atoms with Gasteiger partial charge in [0.15, 0.2) is 17.2 Å². The third kappa shape index (κ3) is 1.40. The van der Waals surface area contributed by atoms with Crippen molar-refractivity contribution < 1.29 is 14.7 Å². The summed E-state index contributed by atoms with van der Waals surface area (Å²) in [6.45, 7) is 0. The maximum absolute atomic E-state index is 11.8. The third-order valence-corrected chi connectivity index (χ3v) is 3.54. The molecule has 2 saturated carbocycles. The molecule has 0 aromatic carbocycles. The first-order valence-corrected chi connectivity index (χ1v) is 5.44. The van der Waals surface area contributed by atoms with Crippen LogP contribution < -0.4 is 0 Å². The van der Waals surface area contributed by atoms with Crippen molar-refractivity contribution in [2.24, 2.45) is 5.92 Å². The van der Waals surface area contributed by atoms with E-state index in [2.05, 4.69) is 0 Å². The lowest BCUT2D eigenvalue weighted by atomic mass is 9.70. The van der Waals surface area contributed by atoms with E-state index in [0.29, 0.717) is 12.8 Å². The van der Waals surface area contributed by atoms with Gasteiger partial charge in [0.1, 0.15) is 0 Å². The van der Waals surface area contributed by atoms with Gasteiger partial charge in [-0.15, -0.1) is 0 Å². The van der Waals surface area contributed by atoms with E-state index in [1.54, 1.807) is 0 Å². The van der Waals surface area contributed by atoms with Crippen molar-refractivity contribution in [1.29, 1.82) is 0 Å². The molecule has 2 fully saturated rings. The van der Waals surface area contributed by atoms with Gasteiger partial charge >= 0.3 is 0 Å². The number of carbonyl (C=O) groups is 2. The molecule has 0 radical (unpaired) electrons. The Bertz CT molecular complexity index is 272. The van der Waals surface area contributed by atoms with E-state index in [0.717, 1.165) is 32.1 Å². The van der Waals surface area contributed by atoms with Crippen molar-refractivity contribution in [3.8, 4) is 0 Å². The molecule has 14 heavy (non-hydrogen) atoms. The molecule has 2 aliphatic carbocycles. The number of carbonyl (C=O) groups excluding carboxylic acids is 2. The molecule has 2 atom stereocenters. The van der Waals surface area contributed by atoms with Crippen molar-refractivity contribution in [2.45, 2.75) is 50.5 Å². The largest absolute Gasteiger partial charge is 0.375 e. The molecule has 2 rings (SSSR count). The Hall–Kier alpha value is -0.700. The van der Waals surface area contributed by atoms with Gasteiger partial charge in [0.2, 0.25) is 0 Å². The van der Waals surface area contributed by atoms with Crippen LogP contribution in [0.4, 0.5) is 0 Å². The fraction of sp³-hybridized carbons (Fsp3) is 0.818. The minimum atomic E-state index is -1.61. The van der Waals surface area contributed by atoms with E-state index in [1.165, 1.54) is 0 Å². The Morgan fingerprint density at radius 3 is 2.64 bits per heavy atom. The summed E-state index contributed by atoms with van der Waals surface area (Å²) in [6.07, 6.45) is 5.00. The van der Waals surface area contributed by atoms with Crippen LogP contribution in [0.15, 0.2) is 0 Å². The van der Waals surface area contributed by atoms with Gasteiger partial charge < -0.3 is 5.11 Å². The van der Waals surface area contributed by atoms with E-state index in [9.17, 15) is 14.7 Å². The molecule has 0 heterocycles. The van der Waals surface area contributed by atoms with Crippen LogP contribution in [0.1, 0.15) is 44.9 Å². The number of rotatable bonds is 0. The summed E-state index contributed by atoms with van der Waals surface area (Å²) in [4.78, 5) is 23.5. The van der Waals surface area contributed by atoms with Gasteiger partial charge in [-0.2, -0.15) is 0 Å². The number of Topliss-reactive ketones (excluding diaryl/α,β-unsaturated/α-hetero) is 2. The van der Waals surface area contributed by atoms with E-state index in [-0.39, 0.29) is 17.5 Å². The molecule has 3 heteroatoms. The minimum absolute atomic E-state index is 0.0574. The standard InChI is InChI=1S/C11H16O3/c12-9-6-2-1-4-8-5-3-7-11(9,14)10(8)13/h8,14H,1-7H2/t8-,11+/m0/s1. The topological polar surface area (TPSA) is 54.4 Å². The molecule has 0 aromatic rings. The smallest absolute Gasteiger partial charge is 0.181 e. The molecule has 0 amide bonds. The van der Waals surface area contributed by atoms with Crippen LogP contribution in [-0.4, -0.2) is 22.3 Å². The predicted molar refractivity (Wildman–Crippen MR) is 50.8 cm³/mol. The summed E-state index contributed by atoms with van der Waals surface area (Å²) < 4.78 is 0. The van der Waals surface area contributed by atoms with Crippen LogP contribution >= 0.6 is 0 Å². The number of aliphatic hydroxyl groups is 1. The number of hydrogen-bond acceptors (Lipinski definition) is 3. The maximum atomic E-state index is 11.8. The molecule has 2 aliphatic rings. The summed E-state index contributed by atoms with van der Waals surface area (Å²) in [5.74, 6) is -0.502. The van der Waals surface area contributed by atoms with E-state index in [4.69, 9.17) is 0 Å². The average Bonchev–Trinajstić information content (AvgIpc) is 2.18. The van der Waals surface area contributed by atoms with Crippen molar-refractivity contribution in [2.75, 3.05) is 0 Å². The van der Waals surface area contributed by atoms with Crippen LogP contribution in [-0.2, 0) is 9.59 Å². The molecule has 0 aliphatic heterocycles. The quantitative estimate of drug-likeness (QED) is 0.593. The van der Waals surface area contributed by atoms with Crippen LogP contribution in [0.3, 0.4) is 0 Å². The first kappa shape index (κ1) is 9.84. The van der Waals surface area contributed by atoms with Crippen LogP contribution in [0.25, 0.3) is 0 Å². The Labute approximate surface area is 83.5 Å². The molecule has 0 aromatic heterocycles. The fourth-order valence-corrected chi connectivity index (χ4v) is 2.63. The molecule has 2 bridgehead atoms. The van der Waals surface area contributed by atoms with E-state index >= 15 is 0 Å². The fourth-order valence-electron chi connectivity index (χ4n) is 2.63. The molecular formula is C11H16O3. The molecule has 3 nitrogen and oxygen atoms in total. The summed E-state index contributed by atoms with van der Waals surface area (Å²) >= 11 is 0. The Morgan fingerprint density at radius 2 is 1.86 bits per heavy atom. The van der Waals surface area contributed by atoms with Crippen molar-refractivity contribution in [1.82, 2.24) is 0 Å². The zero-order chi connectivity index (χ0) is 10.2. The van der Waals surface area contributed by atoms with Gasteiger partial charge in [-0.05, 0) is 32.1 Å². The SMILES string of the molecule is O=C1CCCC[C@H]2CCC[C@]1(O)C2=O. The number of ketones is 2. The van der Waals surface area contributed by atoms with Crippen LogP contribution in [0.2, 0.25) is 0 Å². The highest BCUT2D eigenvalue weighted by Gasteiger charge is 2.48. The predicted octanol–water partition coefficient (Wildman–Crippen LogP) is 1.23. The zero-order valence-corrected chi connectivity index (χ0v) is 8.29. The summed E-state index contributed by atoms with van der Waals surface area (Å²) in [6, 6.07) is 0. The van der Waals surface area contributed by atoms with Gasteiger partial charge in [-0.1, -0.05) is 6.42 Å². The molecule has 78 valence electrons. The summed E-state index contributed by atoms with van der Waals surface area (Å²) in [7, 11) is 0. The highest BCUT2D eigenvalue weighted by atomic mass is 16.3. The van der Waals surface area contributed by atoms with Gasteiger partial charge in [0, 0.05) is 12.3 Å². The molecule has 0 unspecified atom stereocenters. The molecule has 0 spiro atoms. The second kappa shape index (κ2) is 3.46. The average molecular weight is 196 g/mol. The number of hydrogen-bond donors (Lipinski definition) is 1. The van der Waals surface area contributed by atoms with Crippen LogP contribution in [0.5, 0.6) is 0 Å². The number of fused-ring (bicyclic) bond motifs is 2. The monoisotopic (exact) mass is 196 g/mol. The Kier molecular flexibility index (Phi) is 2.43. The van der Waals surface area contributed by atoms with Gasteiger partial charge in [-0.3, -0.25) is 9.59 Å². The van der Waals surface area contributed by atoms with Crippen LogP contribution in [0, 0.1) is 5.92 Å². The zero-order valence-electron chi connectivity index (χ0n) is 8.29. The maximum Gasteiger partial charge on any atom is 0.181 e. The highest BCUT2D eigenvalue weighted by molar-refractivity contribution is 6.11. The summed E-state index contributed by atoms with van der Waals surface area (Å²) in [5.41, 5.74) is -1.61. The van der Waals surface area contributed by atoms with Gasteiger partial charge in [0.25, 0.3) is 0 Å². The summed E-state index contributed by atoms with van der Waals surface area (Å²) in [5, 5.41) is 10.0. The molecular weight excluding hydrogens is 180 g/mol. The molecule has 1 N–H and O–H groups in total. The second-order valence-electron chi connectivity index (χ2n) is 4.48. The lowest BCUT2D eigenvalue weighted by molar-refractivity contribution is -0.158. The van der Waals surface area contributed by atoms with E-state index < -0.39 is 5.60 Å². The normalized spacial score (nSPS) is 39.1. The lowest BCUT2D eigenvalue weighted by Crippen LogP contribution is -2.52. The first-order valence-electron chi connectivity index (χ1n) is 5.44. The Morgan fingerprint density at radius 1 is 1.14 bits per heavy atom. The highest BCUT2D eigenvalue weighted by Crippen LogP contribution is 2.35. The van der Waals surface area contributed by atoms with Gasteiger partial charge in [-0.25, -0.2) is 0 Å². The van der Waals surface area contributed by atoms with Crippen molar-refractivity contribution >= 4 is 11.6 Å². The van der Waals surface area contributed by atoms with Crippen molar-refractivity contribution in [3.63, 3.8) is 0 Å². The first-order chi connectivity index (χ1) is 6.64. The molecule has 0 saturated heterocycles. The van der Waals surface area contributed by atoms with Gasteiger partial charge in [0.05, 0.1) is 0 Å².